The lowest BCUT2D eigenvalue weighted by Crippen LogP contribution is -1.96. The van der Waals surface area contributed by atoms with Crippen LogP contribution in [0.5, 0.6) is 0 Å². The molecule has 0 saturated heterocycles. The first kappa shape index (κ1) is 18.6. The van der Waals surface area contributed by atoms with Crippen molar-refractivity contribution in [3.05, 3.63) is 116 Å². The summed E-state index contributed by atoms with van der Waals surface area (Å²) in [5.41, 5.74) is 8.33. The van der Waals surface area contributed by atoms with Crippen molar-refractivity contribution >= 4 is 54.8 Å². The van der Waals surface area contributed by atoms with Gasteiger partial charge in [0.15, 0.2) is 0 Å². The quantitative estimate of drug-likeness (QED) is 0.268. The van der Waals surface area contributed by atoms with Crippen LogP contribution in [-0.2, 0) is 0 Å². The average Bonchev–Trinajstić information content (AvgIpc) is 3.60. The van der Waals surface area contributed by atoms with Gasteiger partial charge in [-0.15, -0.1) is 0 Å². The molecule has 0 N–H and O–H groups in total. The molecular formula is C31H19N3O. The molecule has 0 fully saturated rings. The zero-order chi connectivity index (χ0) is 22.9. The van der Waals surface area contributed by atoms with Gasteiger partial charge in [0.1, 0.15) is 23.0 Å². The maximum Gasteiger partial charge on any atom is 0.136 e. The minimum absolute atomic E-state index is 0.910. The average molecular weight is 450 g/mol. The second kappa shape index (κ2) is 6.84. The molecule has 5 aromatic carbocycles. The van der Waals surface area contributed by atoms with Crippen LogP contribution in [0.2, 0.25) is 0 Å². The molecule has 3 aromatic heterocycles. The molecule has 0 aliphatic heterocycles. The summed E-state index contributed by atoms with van der Waals surface area (Å²) in [5.74, 6) is 0. The van der Waals surface area contributed by atoms with E-state index in [0.717, 1.165) is 55.4 Å². The van der Waals surface area contributed by atoms with Gasteiger partial charge in [-0.05, 0) is 48.5 Å². The molecule has 3 heterocycles. The molecule has 8 aromatic rings. The monoisotopic (exact) mass is 449 g/mol. The van der Waals surface area contributed by atoms with Gasteiger partial charge in [-0.1, -0.05) is 60.7 Å². The van der Waals surface area contributed by atoms with E-state index >= 15 is 0 Å². The summed E-state index contributed by atoms with van der Waals surface area (Å²) in [6.45, 7) is 0. The molecule has 0 saturated carbocycles. The fraction of sp³-hybridized carbons (Fsp3) is 0. The van der Waals surface area contributed by atoms with Gasteiger partial charge in [0.2, 0.25) is 0 Å². The number of rotatable bonds is 2. The third kappa shape index (κ3) is 2.48. The summed E-state index contributed by atoms with van der Waals surface area (Å²) in [6, 6.07) is 37.9. The van der Waals surface area contributed by atoms with Gasteiger partial charge in [-0.2, -0.15) is 0 Å². The number of furan rings is 1. The van der Waals surface area contributed by atoms with E-state index in [1.807, 2.05) is 24.5 Å². The van der Waals surface area contributed by atoms with Crippen molar-refractivity contribution in [3.8, 4) is 11.4 Å². The number of hydrogen-bond acceptors (Lipinski definition) is 2. The van der Waals surface area contributed by atoms with Gasteiger partial charge in [-0.25, -0.2) is 4.98 Å². The third-order valence-electron chi connectivity index (χ3n) is 7.01. The normalized spacial score (nSPS) is 12.0. The van der Waals surface area contributed by atoms with Gasteiger partial charge in [0.25, 0.3) is 0 Å². The number of benzene rings is 5. The summed E-state index contributed by atoms with van der Waals surface area (Å²) < 4.78 is 10.7. The first-order chi connectivity index (χ1) is 17.4. The molecule has 0 aliphatic rings. The summed E-state index contributed by atoms with van der Waals surface area (Å²) in [5, 5.41) is 4.72. The Morgan fingerprint density at radius 3 is 2.23 bits per heavy atom. The van der Waals surface area contributed by atoms with Gasteiger partial charge in [-0.3, -0.25) is 4.57 Å². The molecule has 4 nitrogen and oxygen atoms in total. The maximum absolute atomic E-state index is 6.22. The van der Waals surface area contributed by atoms with E-state index in [1.54, 1.807) is 0 Å². The van der Waals surface area contributed by atoms with Crippen LogP contribution < -0.4 is 0 Å². The van der Waals surface area contributed by atoms with Gasteiger partial charge in [0, 0.05) is 27.2 Å². The van der Waals surface area contributed by atoms with Crippen molar-refractivity contribution in [1.82, 2.24) is 14.1 Å². The second-order valence-electron chi connectivity index (χ2n) is 8.88. The van der Waals surface area contributed by atoms with Crippen LogP contribution in [0.25, 0.3) is 66.2 Å². The molecule has 0 amide bonds. The van der Waals surface area contributed by atoms with Crippen LogP contribution in [0.15, 0.2) is 120 Å². The number of hydrogen-bond donors (Lipinski definition) is 0. The smallest absolute Gasteiger partial charge is 0.136 e. The number of imidazole rings is 1. The van der Waals surface area contributed by atoms with Crippen molar-refractivity contribution in [2.75, 3.05) is 0 Å². The lowest BCUT2D eigenvalue weighted by molar-refractivity contribution is 0.669. The van der Waals surface area contributed by atoms with E-state index in [2.05, 4.69) is 100 Å². The highest BCUT2D eigenvalue weighted by molar-refractivity contribution is 6.27. The summed E-state index contributed by atoms with van der Waals surface area (Å²) in [6.07, 6.45) is 1.92. The Bertz CT molecular complexity index is 2060. The standard InChI is InChI=1S/C31H19N3O/c1-2-9-20(10-3-1)33-19-32-31-25(33)14-8-15-26(31)34-23-13-6-4-11-21(23)29-24(34)17-18-28-30(29)22-12-5-7-16-27(22)35-28/h1-19H. The van der Waals surface area contributed by atoms with Crippen LogP contribution in [0.1, 0.15) is 0 Å². The van der Waals surface area contributed by atoms with Crippen LogP contribution in [0.3, 0.4) is 0 Å². The maximum atomic E-state index is 6.22. The predicted octanol–water partition coefficient (Wildman–Crippen LogP) is 8.02. The molecule has 0 spiro atoms. The minimum Gasteiger partial charge on any atom is -0.456 e. The Labute approximate surface area is 200 Å². The van der Waals surface area contributed by atoms with E-state index in [4.69, 9.17) is 9.40 Å². The topological polar surface area (TPSA) is 35.9 Å². The summed E-state index contributed by atoms with van der Waals surface area (Å²) >= 11 is 0. The number of aromatic nitrogens is 3. The summed E-state index contributed by atoms with van der Waals surface area (Å²) in [7, 11) is 0. The van der Waals surface area contributed by atoms with Crippen molar-refractivity contribution in [1.29, 1.82) is 0 Å². The van der Waals surface area contributed by atoms with E-state index in [1.165, 1.54) is 10.8 Å². The predicted molar refractivity (Wildman–Crippen MR) is 143 cm³/mol. The molecule has 164 valence electrons. The molecule has 0 aliphatic carbocycles. The fourth-order valence-corrected chi connectivity index (χ4v) is 5.53. The van der Waals surface area contributed by atoms with Crippen LogP contribution >= 0.6 is 0 Å². The Kier molecular flexibility index (Phi) is 3.63. The van der Waals surface area contributed by atoms with Crippen molar-refractivity contribution in [2.24, 2.45) is 0 Å². The second-order valence-corrected chi connectivity index (χ2v) is 8.88. The highest BCUT2D eigenvalue weighted by Crippen LogP contribution is 2.41. The zero-order valence-corrected chi connectivity index (χ0v) is 18.7. The van der Waals surface area contributed by atoms with E-state index in [0.29, 0.717) is 0 Å². The lowest BCUT2D eigenvalue weighted by Gasteiger charge is -2.10. The van der Waals surface area contributed by atoms with Crippen molar-refractivity contribution in [2.45, 2.75) is 0 Å². The first-order valence-corrected chi connectivity index (χ1v) is 11.7. The lowest BCUT2D eigenvalue weighted by atomic mass is 10.1. The highest BCUT2D eigenvalue weighted by atomic mass is 16.3. The Morgan fingerprint density at radius 1 is 0.543 bits per heavy atom. The molecule has 0 unspecified atom stereocenters. The van der Waals surface area contributed by atoms with Gasteiger partial charge < -0.3 is 8.98 Å². The first-order valence-electron chi connectivity index (χ1n) is 11.7. The minimum atomic E-state index is 0.910. The van der Waals surface area contributed by atoms with Crippen LogP contribution in [-0.4, -0.2) is 14.1 Å². The molecular weight excluding hydrogens is 430 g/mol. The molecule has 0 bridgehead atoms. The molecule has 35 heavy (non-hydrogen) atoms. The molecule has 0 atom stereocenters. The van der Waals surface area contributed by atoms with Crippen LogP contribution in [0, 0.1) is 0 Å². The Hall–Kier alpha value is -4.83. The van der Waals surface area contributed by atoms with Gasteiger partial charge >= 0.3 is 0 Å². The third-order valence-corrected chi connectivity index (χ3v) is 7.01. The van der Waals surface area contributed by atoms with E-state index in [9.17, 15) is 0 Å². The Balaban J connectivity index is 1.52. The molecule has 0 radical (unpaired) electrons. The zero-order valence-electron chi connectivity index (χ0n) is 18.7. The van der Waals surface area contributed by atoms with E-state index in [-0.39, 0.29) is 0 Å². The number of para-hydroxylation sites is 4. The highest BCUT2D eigenvalue weighted by Gasteiger charge is 2.20. The van der Waals surface area contributed by atoms with Crippen molar-refractivity contribution in [3.63, 3.8) is 0 Å². The van der Waals surface area contributed by atoms with Crippen LogP contribution in [0.4, 0.5) is 0 Å². The fourth-order valence-electron chi connectivity index (χ4n) is 5.53. The van der Waals surface area contributed by atoms with E-state index < -0.39 is 0 Å². The van der Waals surface area contributed by atoms with Gasteiger partial charge in [0.05, 0.1) is 22.2 Å². The van der Waals surface area contributed by atoms with Crippen molar-refractivity contribution < 1.29 is 4.42 Å². The number of fused-ring (bicyclic) bond motifs is 8. The molecule has 4 heteroatoms. The largest absolute Gasteiger partial charge is 0.456 e. The SMILES string of the molecule is c1ccc(-n2cnc3c(-n4c5ccccc5c5c6c(ccc54)oc4ccccc46)cccc32)cc1. The number of nitrogens with zero attached hydrogens (tertiary/aromatic N) is 3. The Morgan fingerprint density at radius 2 is 1.31 bits per heavy atom. The molecule has 8 rings (SSSR count). The summed E-state index contributed by atoms with van der Waals surface area (Å²) in [4.78, 5) is 4.89.